The lowest BCUT2D eigenvalue weighted by Crippen LogP contribution is -2.16. The largest absolute Gasteiger partial charge is 0.481 e. The van der Waals surface area contributed by atoms with Crippen molar-refractivity contribution in [3.63, 3.8) is 0 Å². The summed E-state index contributed by atoms with van der Waals surface area (Å²) < 4.78 is 0. The topological polar surface area (TPSA) is 83.0 Å². The summed E-state index contributed by atoms with van der Waals surface area (Å²) in [6.45, 7) is 6.43. The van der Waals surface area contributed by atoms with Gasteiger partial charge in [-0.1, -0.05) is 26.0 Å². The number of rotatable bonds is 6. The van der Waals surface area contributed by atoms with E-state index in [1.165, 1.54) is 0 Å². The van der Waals surface area contributed by atoms with Crippen LogP contribution in [-0.2, 0) is 17.6 Å². The first-order chi connectivity index (χ1) is 12.7. The van der Waals surface area contributed by atoms with Crippen molar-refractivity contribution < 1.29 is 14.7 Å². The number of aromatic nitrogens is 2. The Morgan fingerprint density at radius 2 is 2.04 bits per heavy atom. The number of nitrogens with zero attached hydrogens (tertiary/aromatic N) is 1. The van der Waals surface area contributed by atoms with Crippen LogP contribution in [0, 0.1) is 12.3 Å². The fourth-order valence-corrected chi connectivity index (χ4v) is 3.43. The van der Waals surface area contributed by atoms with Gasteiger partial charge in [0.25, 0.3) is 0 Å². The summed E-state index contributed by atoms with van der Waals surface area (Å²) in [6.07, 6.45) is 7.03. The van der Waals surface area contributed by atoms with E-state index in [0.717, 1.165) is 41.7 Å². The molecule has 27 heavy (non-hydrogen) atoms. The molecule has 0 bridgehead atoms. The molecular weight excluding hydrogens is 340 g/mol. The summed E-state index contributed by atoms with van der Waals surface area (Å²) in [5.41, 5.74) is 5.15. The SMILES string of the molecule is Cc1c[nH]c(C(=O)Cc2ccc(CC(=O)O)nc2C2=CCC(C)(C)CC2)c1. The van der Waals surface area contributed by atoms with Crippen molar-refractivity contribution in [2.24, 2.45) is 5.41 Å². The van der Waals surface area contributed by atoms with Crippen LogP contribution in [0.5, 0.6) is 0 Å². The van der Waals surface area contributed by atoms with E-state index in [1.54, 1.807) is 6.07 Å². The molecule has 0 aromatic carbocycles. The molecule has 0 amide bonds. The molecule has 2 heterocycles. The Kier molecular flexibility index (Phi) is 5.31. The Hall–Kier alpha value is -2.69. The number of aromatic amines is 1. The average molecular weight is 366 g/mol. The van der Waals surface area contributed by atoms with E-state index in [1.807, 2.05) is 25.3 Å². The van der Waals surface area contributed by atoms with Crippen molar-refractivity contribution >= 4 is 17.3 Å². The standard InChI is InChI=1S/C22H26N2O3/c1-14-10-18(23-13-14)19(25)11-16-4-5-17(12-20(26)27)24-21(16)15-6-8-22(2,3)9-7-15/h4-6,10,13,23H,7-9,11-12H2,1-3H3,(H,26,27). The van der Waals surface area contributed by atoms with Gasteiger partial charge in [0.2, 0.25) is 0 Å². The van der Waals surface area contributed by atoms with Gasteiger partial charge in [-0.2, -0.15) is 0 Å². The van der Waals surface area contributed by atoms with Gasteiger partial charge in [-0.05, 0) is 60.4 Å². The molecule has 2 aromatic rings. The number of nitrogens with one attached hydrogen (secondary N) is 1. The third kappa shape index (κ3) is 4.73. The van der Waals surface area contributed by atoms with Gasteiger partial charge in [-0.15, -0.1) is 0 Å². The summed E-state index contributed by atoms with van der Waals surface area (Å²) in [4.78, 5) is 31.4. The minimum atomic E-state index is -0.905. The highest BCUT2D eigenvalue weighted by atomic mass is 16.4. The van der Waals surface area contributed by atoms with Gasteiger partial charge in [0.05, 0.1) is 23.5 Å². The number of carboxylic acid groups (broad SMARTS) is 1. The molecule has 0 unspecified atom stereocenters. The Labute approximate surface area is 159 Å². The first-order valence-corrected chi connectivity index (χ1v) is 9.32. The third-order valence-electron chi connectivity index (χ3n) is 5.12. The van der Waals surface area contributed by atoms with Crippen LogP contribution in [0.3, 0.4) is 0 Å². The molecule has 0 saturated heterocycles. The zero-order valence-electron chi connectivity index (χ0n) is 16.1. The van der Waals surface area contributed by atoms with Gasteiger partial charge >= 0.3 is 5.97 Å². The van der Waals surface area contributed by atoms with Crippen LogP contribution < -0.4 is 0 Å². The van der Waals surface area contributed by atoms with Crippen LogP contribution in [0.25, 0.3) is 5.57 Å². The van der Waals surface area contributed by atoms with Crippen molar-refractivity contribution in [1.29, 1.82) is 0 Å². The molecule has 0 saturated carbocycles. The molecule has 2 N–H and O–H groups in total. The van der Waals surface area contributed by atoms with Crippen LogP contribution >= 0.6 is 0 Å². The molecule has 1 aliphatic carbocycles. The number of H-pyrrole nitrogens is 1. The highest BCUT2D eigenvalue weighted by molar-refractivity contribution is 5.96. The van der Waals surface area contributed by atoms with Gasteiger partial charge in [0.1, 0.15) is 0 Å². The molecule has 5 nitrogen and oxygen atoms in total. The van der Waals surface area contributed by atoms with E-state index in [-0.39, 0.29) is 24.0 Å². The van der Waals surface area contributed by atoms with Gasteiger partial charge in [0.15, 0.2) is 5.78 Å². The maximum Gasteiger partial charge on any atom is 0.309 e. The molecule has 0 fully saturated rings. The predicted octanol–water partition coefficient (Wildman–Crippen LogP) is 4.36. The fourth-order valence-electron chi connectivity index (χ4n) is 3.43. The fraction of sp³-hybridized carbons (Fsp3) is 0.409. The van der Waals surface area contributed by atoms with Crippen molar-refractivity contribution in [2.45, 2.75) is 52.9 Å². The highest BCUT2D eigenvalue weighted by Gasteiger charge is 2.24. The summed E-state index contributed by atoms with van der Waals surface area (Å²) >= 11 is 0. The lowest BCUT2D eigenvalue weighted by molar-refractivity contribution is -0.136. The molecular formula is C22H26N2O3. The van der Waals surface area contributed by atoms with Crippen molar-refractivity contribution in [3.8, 4) is 0 Å². The molecule has 3 rings (SSSR count). The first kappa shape index (κ1) is 19.1. The monoisotopic (exact) mass is 366 g/mol. The first-order valence-electron chi connectivity index (χ1n) is 9.32. The summed E-state index contributed by atoms with van der Waals surface area (Å²) in [5, 5.41) is 9.09. The quantitative estimate of drug-likeness (QED) is 0.744. The number of carbonyl (C=O) groups is 2. The number of allylic oxidation sites excluding steroid dienone is 2. The maximum atomic E-state index is 12.7. The van der Waals surface area contributed by atoms with Crippen molar-refractivity contribution in [3.05, 3.63) is 58.7 Å². The minimum absolute atomic E-state index is 0.00822. The zero-order valence-corrected chi connectivity index (χ0v) is 16.1. The van der Waals surface area contributed by atoms with E-state index >= 15 is 0 Å². The Morgan fingerprint density at radius 3 is 2.63 bits per heavy atom. The molecule has 0 aliphatic heterocycles. The second kappa shape index (κ2) is 7.51. The second-order valence-corrected chi connectivity index (χ2v) is 8.17. The van der Waals surface area contributed by atoms with Gasteiger partial charge in [-0.25, -0.2) is 0 Å². The smallest absolute Gasteiger partial charge is 0.309 e. The molecule has 1 aliphatic rings. The number of carbonyl (C=O) groups excluding carboxylic acids is 1. The number of aryl methyl sites for hydroxylation is 1. The third-order valence-corrected chi connectivity index (χ3v) is 5.12. The van der Waals surface area contributed by atoms with Crippen LogP contribution in [0.1, 0.15) is 66.1 Å². The average Bonchev–Trinajstić information content (AvgIpc) is 3.02. The van der Waals surface area contributed by atoms with Crippen molar-refractivity contribution in [1.82, 2.24) is 9.97 Å². The molecule has 0 atom stereocenters. The summed E-state index contributed by atoms with van der Waals surface area (Å²) in [7, 11) is 0. The van der Waals surface area contributed by atoms with Crippen molar-refractivity contribution in [2.75, 3.05) is 0 Å². The Morgan fingerprint density at radius 1 is 1.26 bits per heavy atom. The van der Waals surface area contributed by atoms with E-state index < -0.39 is 5.97 Å². The van der Waals surface area contributed by atoms with E-state index in [9.17, 15) is 9.59 Å². The van der Waals surface area contributed by atoms with Crippen LogP contribution in [-0.4, -0.2) is 26.8 Å². The molecule has 142 valence electrons. The van der Waals surface area contributed by atoms with Gasteiger partial charge in [0, 0.05) is 12.6 Å². The predicted molar refractivity (Wildman–Crippen MR) is 105 cm³/mol. The Bertz CT molecular complexity index is 906. The van der Waals surface area contributed by atoms with Crippen LogP contribution in [0.4, 0.5) is 0 Å². The normalized spacial score (nSPS) is 16.0. The number of aliphatic carboxylic acids is 1. The van der Waals surface area contributed by atoms with Crippen LogP contribution in [0.15, 0.2) is 30.5 Å². The highest BCUT2D eigenvalue weighted by Crippen LogP contribution is 2.38. The molecule has 5 heteroatoms. The lowest BCUT2D eigenvalue weighted by Gasteiger charge is -2.29. The molecule has 0 radical (unpaired) electrons. The summed E-state index contributed by atoms with van der Waals surface area (Å²) in [6, 6.07) is 5.42. The maximum absolute atomic E-state index is 12.7. The number of Topliss-reactive ketones (excluding diaryl/α,β-unsaturated/α-hetero) is 1. The van der Waals surface area contributed by atoms with E-state index in [2.05, 4.69) is 29.9 Å². The number of pyridine rings is 1. The lowest BCUT2D eigenvalue weighted by atomic mass is 9.77. The Balaban J connectivity index is 1.93. The summed E-state index contributed by atoms with van der Waals surface area (Å²) in [5.74, 6) is -0.897. The van der Waals surface area contributed by atoms with Gasteiger partial charge in [-0.3, -0.25) is 14.6 Å². The minimum Gasteiger partial charge on any atom is -0.481 e. The number of hydrogen-bond donors (Lipinski definition) is 2. The number of ketones is 1. The number of hydrogen-bond acceptors (Lipinski definition) is 3. The number of carboxylic acids is 1. The van der Waals surface area contributed by atoms with E-state index in [0.29, 0.717) is 11.4 Å². The van der Waals surface area contributed by atoms with Gasteiger partial charge < -0.3 is 10.1 Å². The van der Waals surface area contributed by atoms with E-state index in [4.69, 9.17) is 5.11 Å². The second-order valence-electron chi connectivity index (χ2n) is 8.17. The zero-order chi connectivity index (χ0) is 19.6. The molecule has 0 spiro atoms. The van der Waals surface area contributed by atoms with Crippen LogP contribution in [0.2, 0.25) is 0 Å². The molecule has 2 aromatic heterocycles.